The van der Waals surface area contributed by atoms with Gasteiger partial charge in [0.1, 0.15) is 11.5 Å². The van der Waals surface area contributed by atoms with Gasteiger partial charge in [-0.1, -0.05) is 0 Å². The van der Waals surface area contributed by atoms with Crippen LogP contribution in [0, 0.1) is 0 Å². The maximum atomic E-state index is 11.2. The first-order chi connectivity index (χ1) is 6.60. The number of benzene rings is 1. The van der Waals surface area contributed by atoms with Gasteiger partial charge < -0.3 is 9.47 Å². The van der Waals surface area contributed by atoms with Crippen molar-refractivity contribution in [2.45, 2.75) is 6.92 Å². The monoisotopic (exact) mass is 258 g/mol. The number of ether oxygens (including phenoxy) is 2. The van der Waals surface area contributed by atoms with Gasteiger partial charge in [0.25, 0.3) is 0 Å². The minimum absolute atomic E-state index is 0.0368. The summed E-state index contributed by atoms with van der Waals surface area (Å²) in [5.74, 6) is 1.13. The van der Waals surface area contributed by atoms with E-state index in [1.54, 1.807) is 19.2 Å². The Kier molecular flexibility index (Phi) is 3.52. The zero-order chi connectivity index (χ0) is 10.7. The van der Waals surface area contributed by atoms with Crippen molar-refractivity contribution in [1.82, 2.24) is 0 Å². The van der Waals surface area contributed by atoms with Gasteiger partial charge in [-0.15, -0.1) is 0 Å². The molecule has 0 saturated heterocycles. The molecule has 0 heterocycles. The molecular formula is C10H11BrO3. The van der Waals surface area contributed by atoms with Crippen molar-refractivity contribution in [2.24, 2.45) is 0 Å². The smallest absolute Gasteiger partial charge is 0.163 e. The van der Waals surface area contributed by atoms with Crippen LogP contribution in [0.25, 0.3) is 0 Å². The molecule has 1 aromatic carbocycles. The Morgan fingerprint density at radius 2 is 1.79 bits per heavy atom. The van der Waals surface area contributed by atoms with Crippen LogP contribution < -0.4 is 9.47 Å². The molecule has 0 bridgehead atoms. The summed E-state index contributed by atoms with van der Waals surface area (Å²) in [5.41, 5.74) is 0.542. The summed E-state index contributed by atoms with van der Waals surface area (Å²) in [6.07, 6.45) is 0. The molecule has 0 radical (unpaired) electrons. The first-order valence-corrected chi connectivity index (χ1v) is 4.82. The summed E-state index contributed by atoms with van der Waals surface area (Å²) in [4.78, 5) is 11.2. The fourth-order valence-corrected chi connectivity index (χ4v) is 1.64. The van der Waals surface area contributed by atoms with Gasteiger partial charge in [0.05, 0.1) is 24.3 Å². The second kappa shape index (κ2) is 4.46. The summed E-state index contributed by atoms with van der Waals surface area (Å²) < 4.78 is 10.9. The van der Waals surface area contributed by atoms with Gasteiger partial charge >= 0.3 is 0 Å². The largest absolute Gasteiger partial charge is 0.496 e. The second-order valence-corrected chi connectivity index (χ2v) is 3.60. The molecule has 0 aliphatic heterocycles. The lowest BCUT2D eigenvalue weighted by atomic mass is 10.1. The third-order valence-corrected chi connectivity index (χ3v) is 2.47. The Hall–Kier alpha value is -1.03. The second-order valence-electron chi connectivity index (χ2n) is 2.74. The molecule has 0 saturated carbocycles. The lowest BCUT2D eigenvalue weighted by molar-refractivity contribution is 0.101. The highest BCUT2D eigenvalue weighted by molar-refractivity contribution is 9.10. The van der Waals surface area contributed by atoms with Crippen molar-refractivity contribution in [3.05, 3.63) is 22.2 Å². The predicted octanol–water partition coefficient (Wildman–Crippen LogP) is 2.67. The van der Waals surface area contributed by atoms with Crippen molar-refractivity contribution in [3.63, 3.8) is 0 Å². The van der Waals surface area contributed by atoms with E-state index in [9.17, 15) is 4.79 Å². The van der Waals surface area contributed by atoms with Crippen LogP contribution in [-0.4, -0.2) is 20.0 Å². The van der Waals surface area contributed by atoms with Gasteiger partial charge in [0.2, 0.25) is 0 Å². The zero-order valence-corrected chi connectivity index (χ0v) is 9.84. The minimum Gasteiger partial charge on any atom is -0.496 e. The van der Waals surface area contributed by atoms with E-state index >= 15 is 0 Å². The quantitative estimate of drug-likeness (QED) is 0.783. The number of hydrogen-bond donors (Lipinski definition) is 0. The third kappa shape index (κ3) is 2.07. The van der Waals surface area contributed by atoms with E-state index in [1.807, 2.05) is 0 Å². The Bertz CT molecular complexity index is 361. The summed E-state index contributed by atoms with van der Waals surface area (Å²) in [6, 6.07) is 3.38. The van der Waals surface area contributed by atoms with Crippen LogP contribution in [-0.2, 0) is 0 Å². The highest BCUT2D eigenvalue weighted by Gasteiger charge is 2.12. The number of methoxy groups -OCH3 is 2. The van der Waals surface area contributed by atoms with Crippen LogP contribution in [0.3, 0.4) is 0 Å². The summed E-state index contributed by atoms with van der Waals surface area (Å²) >= 11 is 3.31. The van der Waals surface area contributed by atoms with Gasteiger partial charge in [-0.3, -0.25) is 4.79 Å². The number of hydrogen-bond acceptors (Lipinski definition) is 3. The fourth-order valence-electron chi connectivity index (χ4n) is 1.14. The number of carbonyl (C=O) groups excluding carboxylic acids is 1. The molecule has 4 heteroatoms. The molecule has 0 spiro atoms. The van der Waals surface area contributed by atoms with Crippen LogP contribution in [0.2, 0.25) is 0 Å². The molecule has 0 aromatic heterocycles. The van der Waals surface area contributed by atoms with Crippen molar-refractivity contribution in [3.8, 4) is 11.5 Å². The molecule has 76 valence electrons. The maximum Gasteiger partial charge on any atom is 0.163 e. The first kappa shape index (κ1) is 11.0. The number of carbonyl (C=O) groups is 1. The first-order valence-electron chi connectivity index (χ1n) is 4.02. The summed E-state index contributed by atoms with van der Waals surface area (Å²) in [6.45, 7) is 1.50. The standard InChI is InChI=1S/C10H11BrO3/c1-6(12)7-4-8(11)10(14-3)5-9(7)13-2/h4-5H,1-3H3. The molecule has 0 aliphatic carbocycles. The molecular weight excluding hydrogens is 248 g/mol. The van der Waals surface area contributed by atoms with E-state index in [4.69, 9.17) is 9.47 Å². The van der Waals surface area contributed by atoms with Crippen molar-refractivity contribution in [1.29, 1.82) is 0 Å². The van der Waals surface area contributed by atoms with E-state index in [0.29, 0.717) is 17.1 Å². The molecule has 0 fully saturated rings. The highest BCUT2D eigenvalue weighted by Crippen LogP contribution is 2.32. The summed E-state index contributed by atoms with van der Waals surface area (Å²) in [7, 11) is 3.09. The van der Waals surface area contributed by atoms with E-state index in [-0.39, 0.29) is 5.78 Å². The van der Waals surface area contributed by atoms with E-state index < -0.39 is 0 Å². The molecule has 0 unspecified atom stereocenters. The minimum atomic E-state index is -0.0368. The van der Waals surface area contributed by atoms with Crippen molar-refractivity contribution in [2.75, 3.05) is 14.2 Å². The third-order valence-electron chi connectivity index (χ3n) is 1.85. The number of halogens is 1. The number of Topliss-reactive ketones (excluding diaryl/α,β-unsaturated/α-hetero) is 1. The van der Waals surface area contributed by atoms with Gasteiger partial charge in [-0.25, -0.2) is 0 Å². The van der Waals surface area contributed by atoms with Gasteiger partial charge in [-0.05, 0) is 28.9 Å². The van der Waals surface area contributed by atoms with E-state index in [1.165, 1.54) is 14.0 Å². The number of rotatable bonds is 3. The molecule has 0 amide bonds. The predicted molar refractivity (Wildman–Crippen MR) is 57.3 cm³/mol. The Balaban J connectivity index is 3.31. The Labute approximate surface area is 91.1 Å². The molecule has 0 atom stereocenters. The lowest BCUT2D eigenvalue weighted by Gasteiger charge is -2.09. The Morgan fingerprint density at radius 3 is 2.21 bits per heavy atom. The van der Waals surface area contributed by atoms with E-state index in [0.717, 1.165) is 4.47 Å². The molecule has 1 aromatic rings. The normalized spacial score (nSPS) is 9.71. The van der Waals surface area contributed by atoms with E-state index in [2.05, 4.69) is 15.9 Å². The molecule has 14 heavy (non-hydrogen) atoms. The van der Waals surface area contributed by atoms with Crippen molar-refractivity contribution < 1.29 is 14.3 Å². The van der Waals surface area contributed by atoms with Crippen molar-refractivity contribution >= 4 is 21.7 Å². The van der Waals surface area contributed by atoms with Crippen LogP contribution >= 0.6 is 15.9 Å². The van der Waals surface area contributed by atoms with Gasteiger partial charge in [-0.2, -0.15) is 0 Å². The number of ketones is 1. The van der Waals surface area contributed by atoms with Crippen LogP contribution in [0.4, 0.5) is 0 Å². The fraction of sp³-hybridized carbons (Fsp3) is 0.300. The average Bonchev–Trinajstić information content (AvgIpc) is 2.17. The van der Waals surface area contributed by atoms with Crippen LogP contribution in [0.5, 0.6) is 11.5 Å². The Morgan fingerprint density at radius 1 is 1.21 bits per heavy atom. The van der Waals surface area contributed by atoms with Crippen LogP contribution in [0.1, 0.15) is 17.3 Å². The molecule has 0 aliphatic rings. The molecule has 1 rings (SSSR count). The van der Waals surface area contributed by atoms with Gasteiger partial charge in [0.15, 0.2) is 5.78 Å². The lowest BCUT2D eigenvalue weighted by Crippen LogP contribution is -1.98. The average molecular weight is 259 g/mol. The highest BCUT2D eigenvalue weighted by atomic mass is 79.9. The molecule has 0 N–H and O–H groups in total. The maximum absolute atomic E-state index is 11.2. The summed E-state index contributed by atoms with van der Waals surface area (Å²) in [5, 5.41) is 0. The zero-order valence-electron chi connectivity index (χ0n) is 8.26. The SMILES string of the molecule is COc1cc(OC)c(C(C)=O)cc1Br. The van der Waals surface area contributed by atoms with Gasteiger partial charge in [0, 0.05) is 6.07 Å². The topological polar surface area (TPSA) is 35.5 Å². The molecule has 3 nitrogen and oxygen atoms in total. The van der Waals surface area contributed by atoms with Crippen LogP contribution in [0.15, 0.2) is 16.6 Å².